The van der Waals surface area contributed by atoms with Gasteiger partial charge in [-0.3, -0.25) is 4.90 Å². The van der Waals surface area contributed by atoms with E-state index in [1.54, 1.807) is 6.07 Å². The lowest BCUT2D eigenvalue weighted by Gasteiger charge is -2.15. The third-order valence-electron chi connectivity index (χ3n) is 2.66. The third kappa shape index (κ3) is 2.67. The number of phenols is 1. The molecule has 1 aliphatic heterocycles. The fourth-order valence-corrected chi connectivity index (χ4v) is 1.99. The smallest absolute Gasteiger partial charge is 0.127 e. The van der Waals surface area contributed by atoms with Gasteiger partial charge in [-0.15, -0.1) is 0 Å². The Bertz CT molecular complexity index is 336. The second-order valence-electron chi connectivity index (χ2n) is 4.10. The van der Waals surface area contributed by atoms with Crippen molar-refractivity contribution < 1.29 is 9.50 Å². The molecule has 1 aromatic rings. The molecule has 1 heterocycles. The zero-order chi connectivity index (χ0) is 10.8. The van der Waals surface area contributed by atoms with Crippen LogP contribution in [-0.4, -0.2) is 29.1 Å². The highest BCUT2D eigenvalue weighted by molar-refractivity contribution is 5.28. The summed E-state index contributed by atoms with van der Waals surface area (Å²) >= 11 is 0. The maximum atomic E-state index is 13.0. The predicted molar refractivity (Wildman–Crippen MR) is 55.9 cm³/mol. The highest BCUT2D eigenvalue weighted by atomic mass is 19.1. The second-order valence-corrected chi connectivity index (χ2v) is 4.10. The number of rotatable bonds is 2. The first-order chi connectivity index (χ1) is 7.13. The van der Waals surface area contributed by atoms with Gasteiger partial charge in [0.25, 0.3) is 0 Å². The lowest BCUT2D eigenvalue weighted by molar-refractivity contribution is 0.325. The minimum atomic E-state index is -0.395. The van der Waals surface area contributed by atoms with E-state index in [-0.39, 0.29) is 11.8 Å². The van der Waals surface area contributed by atoms with E-state index in [9.17, 15) is 9.50 Å². The second kappa shape index (κ2) is 4.16. The van der Waals surface area contributed by atoms with Crippen LogP contribution in [0, 0.1) is 5.82 Å². The third-order valence-corrected chi connectivity index (χ3v) is 2.66. The summed E-state index contributed by atoms with van der Waals surface area (Å²) in [6.07, 6.45) is 0.987. The van der Waals surface area contributed by atoms with E-state index in [0.717, 1.165) is 31.1 Å². The van der Waals surface area contributed by atoms with Crippen molar-refractivity contribution >= 4 is 0 Å². The molecule has 3 N–H and O–H groups in total. The fourth-order valence-electron chi connectivity index (χ4n) is 1.99. The van der Waals surface area contributed by atoms with Gasteiger partial charge in [-0.25, -0.2) is 4.39 Å². The van der Waals surface area contributed by atoms with Crippen molar-refractivity contribution in [2.24, 2.45) is 5.73 Å². The summed E-state index contributed by atoms with van der Waals surface area (Å²) in [6, 6.07) is 4.38. The molecule has 4 heteroatoms. The number of hydrogen-bond acceptors (Lipinski definition) is 3. The average Bonchev–Trinajstić information content (AvgIpc) is 2.49. The van der Waals surface area contributed by atoms with Gasteiger partial charge in [-0.1, -0.05) is 0 Å². The van der Waals surface area contributed by atoms with E-state index < -0.39 is 5.82 Å². The van der Waals surface area contributed by atoms with Crippen LogP contribution in [-0.2, 0) is 6.54 Å². The van der Waals surface area contributed by atoms with E-state index in [1.165, 1.54) is 6.07 Å². The average molecular weight is 210 g/mol. The van der Waals surface area contributed by atoms with Gasteiger partial charge in [0.2, 0.25) is 0 Å². The molecule has 0 unspecified atom stereocenters. The molecule has 0 aromatic heterocycles. The monoisotopic (exact) mass is 210 g/mol. The van der Waals surface area contributed by atoms with Crippen LogP contribution < -0.4 is 5.73 Å². The quantitative estimate of drug-likeness (QED) is 0.767. The van der Waals surface area contributed by atoms with Crippen molar-refractivity contribution in [3.05, 3.63) is 29.6 Å². The van der Waals surface area contributed by atoms with Gasteiger partial charge >= 0.3 is 0 Å². The molecular weight excluding hydrogens is 195 g/mol. The van der Waals surface area contributed by atoms with Gasteiger partial charge in [0.1, 0.15) is 11.6 Å². The molecule has 0 bridgehead atoms. The summed E-state index contributed by atoms with van der Waals surface area (Å²) in [5.41, 5.74) is 6.57. The number of nitrogens with two attached hydrogens (primary N) is 1. The minimum Gasteiger partial charge on any atom is -0.508 e. The molecule has 1 aromatic carbocycles. The molecule has 0 saturated carbocycles. The summed E-state index contributed by atoms with van der Waals surface area (Å²) in [6.45, 7) is 2.44. The first kappa shape index (κ1) is 10.4. The van der Waals surface area contributed by atoms with Crippen molar-refractivity contribution in [3.63, 3.8) is 0 Å². The van der Waals surface area contributed by atoms with Crippen LogP contribution >= 0.6 is 0 Å². The van der Waals surface area contributed by atoms with Crippen LogP contribution in [0.3, 0.4) is 0 Å². The molecule has 1 saturated heterocycles. The lowest BCUT2D eigenvalue weighted by atomic mass is 10.2. The van der Waals surface area contributed by atoms with Crippen LogP contribution in [0.4, 0.5) is 4.39 Å². The molecule has 82 valence electrons. The minimum absolute atomic E-state index is 0.0199. The number of halogens is 1. The first-order valence-corrected chi connectivity index (χ1v) is 5.10. The maximum Gasteiger partial charge on any atom is 0.127 e. The topological polar surface area (TPSA) is 49.5 Å². The zero-order valence-corrected chi connectivity index (χ0v) is 8.49. The van der Waals surface area contributed by atoms with Crippen LogP contribution in [0.5, 0.6) is 5.75 Å². The van der Waals surface area contributed by atoms with Crippen molar-refractivity contribution in [2.75, 3.05) is 13.1 Å². The molecule has 1 aliphatic rings. The Hall–Kier alpha value is -1.13. The van der Waals surface area contributed by atoms with E-state index in [1.807, 2.05) is 0 Å². The number of aromatic hydroxyl groups is 1. The van der Waals surface area contributed by atoms with Gasteiger partial charge in [0.15, 0.2) is 0 Å². The van der Waals surface area contributed by atoms with Gasteiger partial charge in [0.05, 0.1) is 0 Å². The van der Waals surface area contributed by atoms with Crippen LogP contribution in [0.1, 0.15) is 12.0 Å². The number of benzene rings is 1. The van der Waals surface area contributed by atoms with Crippen molar-refractivity contribution in [2.45, 2.75) is 19.0 Å². The SMILES string of the molecule is N[C@@H]1CCN(Cc2cc(O)cc(F)c2)C1. The zero-order valence-electron chi connectivity index (χ0n) is 8.49. The fraction of sp³-hybridized carbons (Fsp3) is 0.455. The Morgan fingerprint density at radius 2 is 2.27 bits per heavy atom. The first-order valence-electron chi connectivity index (χ1n) is 5.10. The van der Waals surface area contributed by atoms with E-state index in [2.05, 4.69) is 4.90 Å². The lowest BCUT2D eigenvalue weighted by Crippen LogP contribution is -2.26. The number of phenolic OH excluding ortho intramolecular Hbond substituents is 1. The summed E-state index contributed by atoms with van der Waals surface area (Å²) in [5.74, 6) is -0.415. The summed E-state index contributed by atoms with van der Waals surface area (Å²) in [7, 11) is 0. The van der Waals surface area contributed by atoms with Crippen LogP contribution in [0.15, 0.2) is 18.2 Å². The van der Waals surface area contributed by atoms with Crippen molar-refractivity contribution in [1.29, 1.82) is 0 Å². The molecule has 2 rings (SSSR count). The molecule has 3 nitrogen and oxygen atoms in total. The van der Waals surface area contributed by atoms with Gasteiger partial charge < -0.3 is 10.8 Å². The van der Waals surface area contributed by atoms with Crippen molar-refractivity contribution in [3.8, 4) is 5.75 Å². The molecule has 1 fully saturated rings. The number of likely N-dealkylation sites (tertiary alicyclic amines) is 1. The molecule has 15 heavy (non-hydrogen) atoms. The van der Waals surface area contributed by atoms with Crippen LogP contribution in [0.2, 0.25) is 0 Å². The highest BCUT2D eigenvalue weighted by Gasteiger charge is 2.19. The Labute approximate surface area is 88.3 Å². The van der Waals surface area contributed by atoms with E-state index in [0.29, 0.717) is 6.54 Å². The molecule has 0 amide bonds. The molecular formula is C11H15FN2O. The number of hydrogen-bond donors (Lipinski definition) is 2. The van der Waals surface area contributed by atoms with Crippen LogP contribution in [0.25, 0.3) is 0 Å². The summed E-state index contributed by atoms with van der Waals surface area (Å²) in [4.78, 5) is 2.17. The summed E-state index contributed by atoms with van der Waals surface area (Å²) in [5, 5.41) is 9.24. The molecule has 1 atom stereocenters. The van der Waals surface area contributed by atoms with Gasteiger partial charge in [0, 0.05) is 31.7 Å². The number of nitrogens with zero attached hydrogens (tertiary/aromatic N) is 1. The van der Waals surface area contributed by atoms with E-state index >= 15 is 0 Å². The predicted octanol–water partition coefficient (Wildman–Crippen LogP) is 1.06. The molecule has 0 aliphatic carbocycles. The molecule has 0 radical (unpaired) electrons. The highest BCUT2D eigenvalue weighted by Crippen LogP contribution is 2.18. The standard InChI is InChI=1S/C11H15FN2O/c12-9-3-8(4-11(15)5-9)6-14-2-1-10(13)7-14/h3-5,10,15H,1-2,6-7,13H2/t10-/m1/s1. The Morgan fingerprint density at radius 3 is 2.87 bits per heavy atom. The van der Waals surface area contributed by atoms with Gasteiger partial charge in [-0.05, 0) is 24.1 Å². The van der Waals surface area contributed by atoms with E-state index in [4.69, 9.17) is 5.73 Å². The summed E-state index contributed by atoms with van der Waals surface area (Å²) < 4.78 is 13.0. The normalized spacial score (nSPS) is 22.1. The molecule has 0 spiro atoms. The Kier molecular flexibility index (Phi) is 2.88. The Balaban J connectivity index is 2.04. The Morgan fingerprint density at radius 1 is 1.47 bits per heavy atom. The van der Waals surface area contributed by atoms with Gasteiger partial charge in [-0.2, -0.15) is 0 Å². The largest absolute Gasteiger partial charge is 0.508 e. The maximum absolute atomic E-state index is 13.0. The van der Waals surface area contributed by atoms with Crippen molar-refractivity contribution in [1.82, 2.24) is 4.90 Å².